The third-order valence-electron chi connectivity index (χ3n) is 2.02. The van der Waals surface area contributed by atoms with Gasteiger partial charge in [0.25, 0.3) is 0 Å². The molecule has 0 aliphatic rings. The second-order valence-corrected chi connectivity index (χ2v) is 4.96. The van der Waals surface area contributed by atoms with Crippen LogP contribution in [-0.2, 0) is 10.1 Å². The molecule has 0 radical (unpaired) electrons. The van der Waals surface area contributed by atoms with Gasteiger partial charge in [0, 0.05) is 0 Å². The van der Waals surface area contributed by atoms with Crippen molar-refractivity contribution < 1.29 is 27.9 Å². The molecule has 0 fully saturated rings. The Morgan fingerprint density at radius 3 is 2.59 bits per heavy atom. The van der Waals surface area contributed by atoms with Crippen molar-refractivity contribution in [1.82, 2.24) is 0 Å². The summed E-state index contributed by atoms with van der Waals surface area (Å²) < 4.78 is 36.8. The van der Waals surface area contributed by atoms with E-state index < -0.39 is 22.8 Å². The number of benzene rings is 1. The van der Waals surface area contributed by atoms with Crippen molar-refractivity contribution in [3.8, 4) is 5.75 Å². The minimum absolute atomic E-state index is 0.0643. The maximum atomic E-state index is 11.1. The number of aliphatic hydroxyl groups is 2. The average molecular weight is 254 g/mol. The fourth-order valence-corrected chi connectivity index (χ4v) is 1.89. The molecule has 8 heteroatoms. The summed E-state index contributed by atoms with van der Waals surface area (Å²) in [6.45, 7) is -0.755. The Morgan fingerprint density at radius 1 is 1.41 bits per heavy atom. The van der Waals surface area contributed by atoms with Gasteiger partial charge in [0.05, 0.1) is 0 Å². The number of hydrogen-bond acceptors (Lipinski definition) is 5. The average Bonchev–Trinajstić information content (AvgIpc) is 2.25. The zero-order valence-corrected chi connectivity index (χ0v) is 10.0. The Morgan fingerprint density at radius 2 is 2.06 bits per heavy atom. The summed E-state index contributed by atoms with van der Waals surface area (Å²) in [6.07, 6.45) is -1.11. The third kappa shape index (κ3) is 4.31. The molecule has 0 heterocycles. The van der Waals surface area contributed by atoms with Crippen LogP contribution >= 0.6 is 0 Å². The van der Waals surface area contributed by atoms with Crippen LogP contribution in [0, 0.1) is 0 Å². The van der Waals surface area contributed by atoms with Crippen LogP contribution in [0.1, 0.15) is 0 Å². The Kier molecular flexibility index (Phi) is 5.01. The number of aliphatic hydroxyl groups excluding tert-OH is 2. The fourth-order valence-electron chi connectivity index (χ4n) is 1.17. The first-order valence-electron chi connectivity index (χ1n) is 4.84. The van der Waals surface area contributed by atoms with E-state index in [9.17, 15) is 8.42 Å². The summed E-state index contributed by atoms with van der Waals surface area (Å²) in [6, 6.07) is 4.24. The SMILES string of the molecule is [Li][c]1ccc(OCC(O)CO)c(S(=O)(=O)O)c1. The first kappa shape index (κ1) is 14.5. The summed E-state index contributed by atoms with van der Waals surface area (Å²) in [7, 11) is -4.38. The van der Waals surface area contributed by atoms with Crippen molar-refractivity contribution in [1.29, 1.82) is 0 Å². The molecule has 0 spiro atoms. The van der Waals surface area contributed by atoms with Crippen LogP contribution in [0.25, 0.3) is 0 Å². The van der Waals surface area contributed by atoms with Gasteiger partial charge in [-0.3, -0.25) is 0 Å². The van der Waals surface area contributed by atoms with Gasteiger partial charge >= 0.3 is 108 Å². The van der Waals surface area contributed by atoms with Crippen molar-refractivity contribution in [3.05, 3.63) is 18.2 Å². The molecule has 90 valence electrons. The summed E-state index contributed by atoms with van der Waals surface area (Å²) >= 11 is 1.67. The Hall–Kier alpha value is -0.553. The van der Waals surface area contributed by atoms with E-state index in [1.807, 2.05) is 0 Å². The van der Waals surface area contributed by atoms with Crippen molar-refractivity contribution >= 4 is 32.1 Å². The predicted molar refractivity (Wildman–Crippen MR) is 60.2 cm³/mol. The van der Waals surface area contributed by atoms with Crippen molar-refractivity contribution in [2.45, 2.75) is 11.0 Å². The van der Waals surface area contributed by atoms with Crippen LogP contribution in [0.3, 0.4) is 0 Å². The molecule has 0 saturated carbocycles. The van der Waals surface area contributed by atoms with Crippen LogP contribution in [0.5, 0.6) is 5.75 Å². The fraction of sp³-hybridized carbons (Fsp3) is 0.333. The molecule has 0 aliphatic heterocycles. The van der Waals surface area contributed by atoms with E-state index in [1.165, 1.54) is 12.1 Å². The minimum atomic E-state index is -4.38. The molecule has 0 saturated heterocycles. The van der Waals surface area contributed by atoms with Gasteiger partial charge in [0.15, 0.2) is 0 Å². The van der Waals surface area contributed by atoms with Gasteiger partial charge in [-0.1, -0.05) is 0 Å². The second kappa shape index (κ2) is 5.86. The molecule has 1 unspecified atom stereocenters. The number of ether oxygens (including phenoxy) is 1. The van der Waals surface area contributed by atoms with Gasteiger partial charge < -0.3 is 0 Å². The van der Waals surface area contributed by atoms with Gasteiger partial charge in [0.1, 0.15) is 0 Å². The second-order valence-electron chi connectivity index (χ2n) is 3.57. The maximum absolute atomic E-state index is 11.1. The Bertz CT molecular complexity index is 486. The molecule has 0 aliphatic carbocycles. The third-order valence-corrected chi connectivity index (χ3v) is 2.89. The van der Waals surface area contributed by atoms with Crippen LogP contribution in [0.15, 0.2) is 23.1 Å². The topological polar surface area (TPSA) is 104 Å². The monoisotopic (exact) mass is 254 g/mol. The number of hydrogen-bond donors (Lipinski definition) is 3. The summed E-state index contributed by atoms with van der Waals surface area (Å²) in [4.78, 5) is -0.359. The summed E-state index contributed by atoms with van der Waals surface area (Å²) in [5.41, 5.74) is 0. The van der Waals surface area contributed by atoms with Gasteiger partial charge in [0.2, 0.25) is 0 Å². The molecule has 0 amide bonds. The van der Waals surface area contributed by atoms with Gasteiger partial charge in [-0.25, -0.2) is 0 Å². The van der Waals surface area contributed by atoms with E-state index in [4.69, 9.17) is 19.5 Å². The van der Waals surface area contributed by atoms with Crippen LogP contribution in [0.2, 0.25) is 0 Å². The Labute approximate surface area is 108 Å². The van der Waals surface area contributed by atoms with Crippen molar-refractivity contribution in [2.24, 2.45) is 0 Å². The van der Waals surface area contributed by atoms with Gasteiger partial charge in [-0.05, 0) is 0 Å². The van der Waals surface area contributed by atoms with Crippen molar-refractivity contribution in [2.75, 3.05) is 13.2 Å². The standard InChI is InChI=1S/C9H11O6S.Li/c10-5-7(11)6-15-8-3-1-2-4-9(8)16(12,13)14;/h1,3-4,7,10-11H,5-6H2,(H,12,13,14);. The molecule has 1 atom stereocenters. The van der Waals surface area contributed by atoms with Crippen molar-refractivity contribution in [3.63, 3.8) is 0 Å². The molecule has 1 aromatic carbocycles. The van der Waals surface area contributed by atoms with Crippen LogP contribution < -0.4 is 8.97 Å². The normalized spacial score (nSPS) is 13.5. The first-order valence-corrected chi connectivity index (χ1v) is 6.28. The molecule has 1 aromatic rings. The quantitative estimate of drug-likeness (QED) is 0.434. The summed E-state index contributed by atoms with van der Waals surface area (Å²) in [5.74, 6) is -0.0643. The van der Waals surface area contributed by atoms with E-state index in [2.05, 4.69) is 0 Å². The summed E-state index contributed by atoms with van der Waals surface area (Å²) in [5, 5.41) is 17.7. The van der Waals surface area contributed by atoms with Gasteiger partial charge in [-0.15, -0.1) is 0 Å². The van der Waals surface area contributed by atoms with Crippen LogP contribution in [-0.4, -0.2) is 60.2 Å². The molecular formula is C9H11LiO6S. The number of rotatable bonds is 5. The van der Waals surface area contributed by atoms with E-state index in [0.717, 1.165) is 0 Å². The van der Waals surface area contributed by atoms with E-state index in [-0.39, 0.29) is 17.3 Å². The molecular weight excluding hydrogens is 243 g/mol. The van der Waals surface area contributed by atoms with E-state index in [0.29, 0.717) is 4.24 Å². The predicted octanol–water partition coefficient (Wildman–Crippen LogP) is -1.54. The molecule has 0 bridgehead atoms. The van der Waals surface area contributed by atoms with E-state index >= 15 is 0 Å². The van der Waals surface area contributed by atoms with Gasteiger partial charge in [-0.2, -0.15) is 0 Å². The van der Waals surface area contributed by atoms with Crippen LogP contribution in [0.4, 0.5) is 0 Å². The van der Waals surface area contributed by atoms with E-state index in [1.54, 1.807) is 23.8 Å². The molecule has 6 nitrogen and oxygen atoms in total. The molecule has 3 N–H and O–H groups in total. The molecule has 0 aromatic heterocycles. The zero-order valence-electron chi connectivity index (χ0n) is 9.20. The first-order chi connectivity index (χ1) is 7.84. The molecule has 1 rings (SSSR count). The Balaban J connectivity index is 3.00. The zero-order chi connectivity index (χ0) is 13.1. The molecule has 17 heavy (non-hydrogen) atoms.